The number of aromatic nitrogens is 2. The minimum atomic E-state index is -0.291. The Kier molecular flexibility index (Phi) is 5.62. The number of rotatable bonds is 6. The molecule has 0 amide bonds. The normalized spacial score (nSPS) is 10.9. The smallest absolute Gasteiger partial charge is 0.173 e. The third kappa shape index (κ3) is 4.32. The predicted molar refractivity (Wildman–Crippen MR) is 111 cm³/mol. The Labute approximate surface area is 172 Å². The Balaban J connectivity index is 1.71. The van der Waals surface area contributed by atoms with Crippen LogP contribution in [0.15, 0.2) is 84.1 Å². The van der Waals surface area contributed by atoms with Crippen molar-refractivity contribution < 1.29 is 13.5 Å². The van der Waals surface area contributed by atoms with Gasteiger partial charge in [-0.2, -0.15) is 0 Å². The number of methoxy groups -OCH3 is 1. The van der Waals surface area contributed by atoms with Gasteiger partial charge in [-0.3, -0.25) is 4.57 Å². The molecule has 1 heterocycles. The highest BCUT2D eigenvalue weighted by Crippen LogP contribution is 2.32. The van der Waals surface area contributed by atoms with E-state index in [1.165, 1.54) is 36.0 Å². The number of halogens is 2. The van der Waals surface area contributed by atoms with Gasteiger partial charge in [-0.05, 0) is 66.2 Å². The molecule has 0 bridgehead atoms. The molecule has 6 heteroatoms. The van der Waals surface area contributed by atoms with Gasteiger partial charge in [0, 0.05) is 17.0 Å². The fraction of sp³-hybridized carbons (Fsp3) is 0.0870. The SMILES string of the molecule is COc1ccc(-c2cnc(SCc3ccc(F)cc3)n2-c2ccc(F)cc2)cc1. The van der Waals surface area contributed by atoms with Crippen LogP contribution in [0.25, 0.3) is 16.9 Å². The van der Waals surface area contributed by atoms with Crippen LogP contribution in [-0.2, 0) is 5.75 Å². The van der Waals surface area contributed by atoms with Crippen LogP contribution in [0.2, 0.25) is 0 Å². The summed E-state index contributed by atoms with van der Waals surface area (Å²) in [7, 11) is 1.63. The van der Waals surface area contributed by atoms with Crippen molar-refractivity contribution in [2.45, 2.75) is 10.9 Å². The minimum absolute atomic E-state index is 0.256. The predicted octanol–water partition coefficient (Wildman–Crippen LogP) is 6.12. The van der Waals surface area contributed by atoms with Crippen molar-refractivity contribution >= 4 is 11.8 Å². The lowest BCUT2D eigenvalue weighted by Gasteiger charge is -2.12. The minimum Gasteiger partial charge on any atom is -0.497 e. The molecule has 4 aromatic rings. The van der Waals surface area contributed by atoms with E-state index in [4.69, 9.17) is 4.74 Å². The number of hydrogen-bond acceptors (Lipinski definition) is 3. The second-order valence-electron chi connectivity index (χ2n) is 6.38. The van der Waals surface area contributed by atoms with E-state index in [9.17, 15) is 8.78 Å². The van der Waals surface area contributed by atoms with Crippen molar-refractivity contribution in [2.24, 2.45) is 0 Å². The van der Waals surface area contributed by atoms with Gasteiger partial charge >= 0.3 is 0 Å². The van der Waals surface area contributed by atoms with Gasteiger partial charge in [-0.25, -0.2) is 13.8 Å². The molecule has 0 aliphatic heterocycles. The Morgan fingerprint density at radius 2 is 1.48 bits per heavy atom. The molecule has 0 saturated carbocycles. The van der Waals surface area contributed by atoms with Gasteiger partial charge in [-0.1, -0.05) is 23.9 Å². The fourth-order valence-corrected chi connectivity index (χ4v) is 3.92. The Morgan fingerprint density at radius 1 is 0.862 bits per heavy atom. The first-order chi connectivity index (χ1) is 14.1. The molecule has 3 nitrogen and oxygen atoms in total. The molecule has 0 N–H and O–H groups in total. The van der Waals surface area contributed by atoms with Crippen molar-refractivity contribution in [3.63, 3.8) is 0 Å². The summed E-state index contributed by atoms with van der Waals surface area (Å²) in [6.07, 6.45) is 1.80. The maximum atomic E-state index is 13.5. The number of ether oxygens (including phenoxy) is 1. The highest BCUT2D eigenvalue weighted by Gasteiger charge is 2.15. The Morgan fingerprint density at radius 3 is 2.10 bits per heavy atom. The molecule has 29 heavy (non-hydrogen) atoms. The van der Waals surface area contributed by atoms with Crippen LogP contribution in [0.4, 0.5) is 8.78 Å². The van der Waals surface area contributed by atoms with Gasteiger partial charge in [-0.15, -0.1) is 0 Å². The molecule has 0 unspecified atom stereocenters. The standard InChI is InChI=1S/C23H18F2N2OS/c1-28-21-12-4-17(5-13-21)22-14-26-23(27(22)20-10-8-19(25)9-11-20)29-15-16-2-6-18(24)7-3-16/h2-14H,15H2,1H3. The van der Waals surface area contributed by atoms with Crippen molar-refractivity contribution in [3.8, 4) is 22.7 Å². The highest BCUT2D eigenvalue weighted by atomic mass is 32.2. The van der Waals surface area contributed by atoms with E-state index >= 15 is 0 Å². The van der Waals surface area contributed by atoms with Crippen LogP contribution in [0.1, 0.15) is 5.56 Å². The summed E-state index contributed by atoms with van der Waals surface area (Å²) in [5.74, 6) is 0.863. The summed E-state index contributed by atoms with van der Waals surface area (Å²) in [5, 5.41) is 0.770. The van der Waals surface area contributed by atoms with Crippen molar-refractivity contribution in [3.05, 3.63) is 96.2 Å². The topological polar surface area (TPSA) is 27.1 Å². The second-order valence-corrected chi connectivity index (χ2v) is 7.32. The molecular weight excluding hydrogens is 390 g/mol. The third-order valence-electron chi connectivity index (χ3n) is 4.48. The zero-order chi connectivity index (χ0) is 20.2. The van der Waals surface area contributed by atoms with E-state index in [1.807, 2.05) is 28.8 Å². The van der Waals surface area contributed by atoms with Gasteiger partial charge in [0.05, 0.1) is 19.0 Å². The zero-order valence-corrected chi connectivity index (χ0v) is 16.5. The van der Waals surface area contributed by atoms with E-state index in [1.54, 1.807) is 37.6 Å². The molecule has 0 saturated heterocycles. The van der Waals surface area contributed by atoms with Crippen LogP contribution in [0.5, 0.6) is 5.75 Å². The lowest BCUT2D eigenvalue weighted by Crippen LogP contribution is -1.99. The summed E-state index contributed by atoms with van der Waals surface area (Å²) in [6.45, 7) is 0. The quantitative estimate of drug-likeness (QED) is 0.360. The second kappa shape index (κ2) is 8.49. The average Bonchev–Trinajstić information content (AvgIpc) is 3.18. The molecule has 0 aliphatic carbocycles. The van der Waals surface area contributed by atoms with Gasteiger partial charge < -0.3 is 4.74 Å². The first-order valence-electron chi connectivity index (χ1n) is 8.99. The highest BCUT2D eigenvalue weighted by molar-refractivity contribution is 7.98. The monoisotopic (exact) mass is 408 g/mol. The number of imidazole rings is 1. The fourth-order valence-electron chi connectivity index (χ4n) is 2.97. The van der Waals surface area contributed by atoms with E-state index in [-0.39, 0.29) is 11.6 Å². The maximum Gasteiger partial charge on any atom is 0.173 e. The lowest BCUT2D eigenvalue weighted by molar-refractivity contribution is 0.415. The number of hydrogen-bond donors (Lipinski definition) is 0. The molecule has 0 atom stereocenters. The Bertz CT molecular complexity index is 1090. The van der Waals surface area contributed by atoms with Crippen molar-refractivity contribution in [2.75, 3.05) is 7.11 Å². The van der Waals surface area contributed by atoms with E-state index in [2.05, 4.69) is 4.98 Å². The van der Waals surface area contributed by atoms with E-state index < -0.39 is 0 Å². The van der Waals surface area contributed by atoms with Crippen LogP contribution < -0.4 is 4.74 Å². The summed E-state index contributed by atoms with van der Waals surface area (Å²) in [5.41, 5.74) is 3.67. The first kappa shape index (κ1) is 19.2. The largest absolute Gasteiger partial charge is 0.497 e. The van der Waals surface area contributed by atoms with Gasteiger partial charge in [0.15, 0.2) is 5.16 Å². The lowest BCUT2D eigenvalue weighted by atomic mass is 10.1. The van der Waals surface area contributed by atoms with Crippen LogP contribution in [-0.4, -0.2) is 16.7 Å². The van der Waals surface area contributed by atoms with Gasteiger partial charge in [0.25, 0.3) is 0 Å². The van der Waals surface area contributed by atoms with Gasteiger partial charge in [0.1, 0.15) is 17.4 Å². The van der Waals surface area contributed by atoms with Crippen molar-refractivity contribution in [1.29, 1.82) is 0 Å². The number of nitrogens with zero attached hydrogens (tertiary/aromatic N) is 2. The van der Waals surface area contributed by atoms with Crippen LogP contribution in [0.3, 0.4) is 0 Å². The summed E-state index contributed by atoms with van der Waals surface area (Å²) in [4.78, 5) is 4.59. The molecule has 3 aromatic carbocycles. The average molecular weight is 408 g/mol. The molecule has 1 aromatic heterocycles. The number of thioether (sulfide) groups is 1. The van der Waals surface area contributed by atoms with E-state index in [0.717, 1.165) is 33.4 Å². The molecule has 0 radical (unpaired) electrons. The third-order valence-corrected chi connectivity index (χ3v) is 5.51. The first-order valence-corrected chi connectivity index (χ1v) is 9.98. The van der Waals surface area contributed by atoms with Crippen molar-refractivity contribution in [1.82, 2.24) is 9.55 Å². The summed E-state index contributed by atoms with van der Waals surface area (Å²) >= 11 is 1.54. The summed E-state index contributed by atoms with van der Waals surface area (Å²) < 4.78 is 33.8. The zero-order valence-electron chi connectivity index (χ0n) is 15.7. The molecule has 0 spiro atoms. The Hall–Kier alpha value is -3.12. The molecule has 4 rings (SSSR count). The van der Waals surface area contributed by atoms with Gasteiger partial charge in [0.2, 0.25) is 0 Å². The molecule has 0 aliphatic rings. The van der Waals surface area contributed by atoms with E-state index in [0.29, 0.717) is 5.75 Å². The maximum absolute atomic E-state index is 13.5. The number of benzene rings is 3. The molecular formula is C23H18F2N2OS. The van der Waals surface area contributed by atoms with Crippen LogP contribution >= 0.6 is 11.8 Å². The molecule has 146 valence electrons. The van der Waals surface area contributed by atoms with Crippen LogP contribution in [0, 0.1) is 11.6 Å². The summed E-state index contributed by atoms with van der Waals surface area (Å²) in [6, 6.07) is 20.5. The molecule has 0 fully saturated rings.